The van der Waals surface area contributed by atoms with Crippen LogP contribution < -0.4 is 16.0 Å². The topological polar surface area (TPSA) is 402 Å². The van der Waals surface area contributed by atoms with Gasteiger partial charge in [0, 0.05) is 52.8 Å². The van der Waals surface area contributed by atoms with Crippen LogP contribution in [0.15, 0.2) is 24.3 Å². The molecule has 0 aliphatic carbocycles. The number of hydrogen-bond acceptors (Lipinski definition) is 25. The number of carbonyl (C=O) groups is 5. The Morgan fingerprint density at radius 1 is 0.490 bits per heavy atom. The maximum Gasteiger partial charge on any atom is 0.474 e. The second-order valence-electron chi connectivity index (χ2n) is 26.4. The molecule has 28 nitrogen and oxygen atoms in total. The minimum atomic E-state index is -4.25. The minimum absolute atomic E-state index is 0.0468. The van der Waals surface area contributed by atoms with Crippen molar-refractivity contribution in [3.63, 3.8) is 0 Å². The highest BCUT2D eigenvalue weighted by Crippen LogP contribution is 2.48. The molecule has 3 rings (SSSR count). The molecule has 3 heterocycles. The van der Waals surface area contributed by atoms with Gasteiger partial charge in [-0.05, 0) is 90.4 Å². The molecule has 582 valence electrons. The number of allylic oxidation sites excluding steroid dienone is 4. The third kappa shape index (κ3) is 37.9. The van der Waals surface area contributed by atoms with Crippen molar-refractivity contribution >= 4 is 37.5 Å². The van der Waals surface area contributed by atoms with Gasteiger partial charge in [-0.2, -0.15) is 0 Å². The minimum Gasteiger partial charge on any atom is -0.462 e. The first-order chi connectivity index (χ1) is 48.2. The number of aliphatic hydroxyl groups is 8. The van der Waals surface area contributed by atoms with Gasteiger partial charge in [0.15, 0.2) is 25.0 Å². The zero-order valence-corrected chi connectivity index (χ0v) is 61.4. The van der Waals surface area contributed by atoms with E-state index in [9.17, 15) is 69.4 Å². The zero-order chi connectivity index (χ0) is 73.3. The number of phosphoric ester groups is 1. The lowest BCUT2D eigenvalue weighted by Gasteiger charge is -2.49. The van der Waals surface area contributed by atoms with Crippen LogP contribution in [-0.4, -0.2) is 229 Å². The summed E-state index contributed by atoms with van der Waals surface area (Å²) in [5.41, 5.74) is 0. The van der Waals surface area contributed by atoms with E-state index in [0.29, 0.717) is 25.7 Å². The quantitative estimate of drug-likeness (QED) is 0.0125. The van der Waals surface area contributed by atoms with Crippen molar-refractivity contribution < 1.29 is 121 Å². The van der Waals surface area contributed by atoms with E-state index in [0.717, 1.165) is 91.1 Å². The third-order valence-corrected chi connectivity index (χ3v) is 19.2. The van der Waals surface area contributed by atoms with E-state index in [2.05, 4.69) is 54.1 Å². The molecular formula is C71H128N3O25P. The zero-order valence-electron chi connectivity index (χ0n) is 60.5. The van der Waals surface area contributed by atoms with Gasteiger partial charge in [-0.3, -0.25) is 37.5 Å². The van der Waals surface area contributed by atoms with Crippen molar-refractivity contribution in [3.8, 4) is 0 Å². The average Bonchev–Trinajstić information content (AvgIpc) is 0.774. The molecule has 29 heteroatoms. The Kier molecular flexibility index (Phi) is 49.8. The average molecular weight is 1450 g/mol. The maximum atomic E-state index is 13.5. The van der Waals surface area contributed by atoms with Gasteiger partial charge in [0.2, 0.25) is 17.7 Å². The highest BCUT2D eigenvalue weighted by atomic mass is 31.2. The molecule has 0 aromatic heterocycles. The van der Waals surface area contributed by atoms with Crippen molar-refractivity contribution in [2.75, 3.05) is 59.8 Å². The highest BCUT2D eigenvalue weighted by Gasteiger charge is 2.54. The predicted molar refractivity (Wildman–Crippen MR) is 371 cm³/mol. The fourth-order valence-electron chi connectivity index (χ4n) is 11.7. The second-order valence-corrected chi connectivity index (χ2v) is 28.2. The van der Waals surface area contributed by atoms with Crippen LogP contribution in [0.5, 0.6) is 0 Å². The molecule has 3 saturated heterocycles. The van der Waals surface area contributed by atoms with Crippen LogP contribution in [0, 0.1) is 0 Å². The van der Waals surface area contributed by atoms with Crippen LogP contribution in [-0.2, 0) is 80.0 Å². The van der Waals surface area contributed by atoms with Gasteiger partial charge >= 0.3 is 19.8 Å². The van der Waals surface area contributed by atoms with E-state index in [1.165, 1.54) is 84.0 Å². The van der Waals surface area contributed by atoms with Crippen LogP contribution in [0.3, 0.4) is 0 Å². The van der Waals surface area contributed by atoms with Crippen LogP contribution in [0.25, 0.3) is 0 Å². The lowest BCUT2D eigenvalue weighted by molar-refractivity contribution is -0.385. The molecule has 0 aromatic rings. The largest absolute Gasteiger partial charge is 0.474 e. The van der Waals surface area contributed by atoms with E-state index >= 15 is 0 Å². The number of ether oxygens (including phenoxy) is 8. The van der Waals surface area contributed by atoms with Crippen molar-refractivity contribution in [3.05, 3.63) is 24.3 Å². The van der Waals surface area contributed by atoms with Gasteiger partial charge in [-0.25, -0.2) is 4.57 Å². The van der Waals surface area contributed by atoms with Crippen molar-refractivity contribution in [2.45, 2.75) is 338 Å². The van der Waals surface area contributed by atoms with E-state index in [1.807, 2.05) is 0 Å². The van der Waals surface area contributed by atoms with Crippen LogP contribution >= 0.6 is 7.82 Å². The van der Waals surface area contributed by atoms with Crippen LogP contribution in [0.4, 0.5) is 0 Å². The Bertz CT molecular complexity index is 2290. The van der Waals surface area contributed by atoms with Gasteiger partial charge in [0.1, 0.15) is 73.7 Å². The number of amides is 3. The normalized spacial score (nSPS) is 26.5. The maximum absolute atomic E-state index is 13.5. The van der Waals surface area contributed by atoms with E-state index < -0.39 is 144 Å². The Morgan fingerprint density at radius 2 is 0.970 bits per heavy atom. The summed E-state index contributed by atoms with van der Waals surface area (Å²) >= 11 is 0. The molecule has 7 unspecified atom stereocenters. The van der Waals surface area contributed by atoms with Gasteiger partial charge < -0.3 is 94.7 Å². The molecule has 3 amide bonds. The second kappa shape index (κ2) is 54.9. The lowest BCUT2D eigenvalue weighted by atomic mass is 9.95. The Hall–Kier alpha value is -3.62. The molecule has 3 aliphatic rings. The smallest absolute Gasteiger partial charge is 0.462 e. The molecule has 3 fully saturated rings. The SMILES string of the molecule is CCCCCCCC/C=C\CCCCCCCC(=O)O[C@H](COC(=O)CCCCCCC/C=C/CCCCCCCC)COP(=O)(OC)OCCNC(=O)CCCCC(=O)NCCCO[C@@H]1OC(CO)[C@H](O)[C@H](O[C@H]2OC(CO)[C@H](O)[C@H](O)C2NC(C)=O)C1O[C@@H]1OC(C)[C@@H](O)[C@H](O)C1O. The van der Waals surface area contributed by atoms with Crippen molar-refractivity contribution in [1.29, 1.82) is 0 Å². The van der Waals surface area contributed by atoms with Crippen molar-refractivity contribution in [2.24, 2.45) is 0 Å². The lowest BCUT2D eigenvalue weighted by Crippen LogP contribution is -2.68. The first kappa shape index (κ1) is 90.6. The first-order valence-corrected chi connectivity index (χ1v) is 38.8. The molecular weight excluding hydrogens is 1330 g/mol. The summed E-state index contributed by atoms with van der Waals surface area (Å²) < 4.78 is 76.4. The Balaban J connectivity index is 1.44. The fourth-order valence-corrected chi connectivity index (χ4v) is 12.7. The molecule has 0 saturated carbocycles. The summed E-state index contributed by atoms with van der Waals surface area (Å²) in [4.78, 5) is 63.7. The predicted octanol–water partition coefficient (Wildman–Crippen LogP) is 7.12. The molecule has 100 heavy (non-hydrogen) atoms. The molecule has 17 atom stereocenters. The van der Waals surface area contributed by atoms with Gasteiger partial charge in [-0.1, -0.05) is 141 Å². The number of rotatable bonds is 58. The van der Waals surface area contributed by atoms with Crippen molar-refractivity contribution in [1.82, 2.24) is 16.0 Å². The summed E-state index contributed by atoms with van der Waals surface area (Å²) in [5.74, 6) is -2.34. The van der Waals surface area contributed by atoms with E-state index in [1.54, 1.807) is 0 Å². The summed E-state index contributed by atoms with van der Waals surface area (Å²) in [6.07, 6.45) is 15.8. The number of esters is 2. The van der Waals surface area contributed by atoms with Crippen LogP contribution in [0.2, 0.25) is 0 Å². The standard InChI is InChI=1S/C71H128N3O25P/c1-6-8-10-12-14-16-18-20-22-24-26-28-30-32-34-41-58(80)91-49-53(95-59(81)42-35-33-31-29-27-25-23-21-19-17-15-13-11-9-7-2)50-93-100(88,89-5)92-46-44-73-57(79)40-37-36-39-56(78)72-43-38-45-90-71-68(99-70-66(87)65(86)61(82)51(3)94-70)67(63(84)55(48-76)97-71)98-69-60(74-52(4)77)64(85)62(83)54(47-75)96-69/h20-23,51,53-55,60-71,75-76,82-87H,6-19,24-50H2,1-5H3,(H,72,78)(H,73,79)(H,74,77)/b22-20+,23-21-/t51?,53-,54?,55?,60?,61-,62+,63+,64-,65+,66?,67+,68?,69-,70+,71-,100?/m1/s1. The van der Waals surface area contributed by atoms with E-state index in [-0.39, 0.29) is 76.8 Å². The Labute approximate surface area is 593 Å². The molecule has 0 bridgehead atoms. The van der Waals surface area contributed by atoms with E-state index in [4.69, 9.17) is 51.5 Å². The van der Waals surface area contributed by atoms with Gasteiger partial charge in [0.05, 0.1) is 39.1 Å². The summed E-state index contributed by atoms with van der Waals surface area (Å²) in [5, 5.41) is 92.9. The number of phosphoric acid groups is 1. The number of carbonyl (C=O) groups excluding carboxylic acids is 5. The summed E-state index contributed by atoms with van der Waals surface area (Å²) in [6.45, 7) is 4.15. The van der Waals surface area contributed by atoms with Crippen LogP contribution in [0.1, 0.15) is 240 Å². The first-order valence-electron chi connectivity index (χ1n) is 37.3. The summed E-state index contributed by atoms with van der Waals surface area (Å²) in [7, 11) is -3.13. The molecule has 11 N–H and O–H groups in total. The fraction of sp³-hybridized carbons (Fsp3) is 0.873. The van der Waals surface area contributed by atoms with Gasteiger partial charge in [0.25, 0.3) is 0 Å². The highest BCUT2D eigenvalue weighted by molar-refractivity contribution is 7.48. The monoisotopic (exact) mass is 1450 g/mol. The molecule has 3 aliphatic heterocycles. The van der Waals surface area contributed by atoms with Gasteiger partial charge in [-0.15, -0.1) is 0 Å². The third-order valence-electron chi connectivity index (χ3n) is 17.8. The number of nitrogens with one attached hydrogen (secondary N) is 3. The Morgan fingerprint density at radius 3 is 1.50 bits per heavy atom. The molecule has 0 aromatic carbocycles. The number of hydrogen-bond donors (Lipinski definition) is 11. The number of unbranched alkanes of at least 4 members (excludes halogenated alkanes) is 23. The molecule has 0 spiro atoms. The number of aliphatic hydroxyl groups excluding tert-OH is 8. The summed E-state index contributed by atoms with van der Waals surface area (Å²) in [6, 6.07) is -1.49. The molecule has 0 radical (unpaired) electrons.